The smallest absolute Gasteiger partial charge is 0.341 e. The van der Waals surface area contributed by atoms with E-state index in [1.807, 2.05) is 68.6 Å². The lowest BCUT2D eigenvalue weighted by molar-refractivity contribution is -0.113. The summed E-state index contributed by atoms with van der Waals surface area (Å²) in [7, 11) is 0. The molecule has 0 saturated heterocycles. The molecule has 39 heavy (non-hydrogen) atoms. The number of anilines is 1. The molecular formula is C28H25N3O5S3. The summed E-state index contributed by atoms with van der Waals surface area (Å²) in [5.41, 5.74) is 2.24. The number of fused-ring (bicyclic) bond motifs is 1. The SMILES string of the molecule is CCOC(=O)c1c(NC(=O)CSc2nc3scc(-c4ccc(C)o4)c3c(=O)n2-c2ccccc2)sc(C)c1C. The molecule has 11 heteroatoms. The first-order valence-corrected chi connectivity index (χ1v) is 14.8. The molecule has 0 radical (unpaired) electrons. The summed E-state index contributed by atoms with van der Waals surface area (Å²) in [5, 5.41) is 6.03. The Morgan fingerprint density at radius 2 is 1.90 bits per heavy atom. The van der Waals surface area contributed by atoms with E-state index in [0.717, 1.165) is 28.0 Å². The number of para-hydroxylation sites is 1. The third-order valence-electron chi connectivity index (χ3n) is 6.05. The lowest BCUT2D eigenvalue weighted by atomic mass is 10.1. The second-order valence-corrected chi connectivity index (χ2v) is 11.7. The van der Waals surface area contributed by atoms with Gasteiger partial charge in [-0.25, -0.2) is 9.78 Å². The second-order valence-electron chi connectivity index (χ2n) is 8.66. The molecule has 0 aliphatic rings. The fourth-order valence-electron chi connectivity index (χ4n) is 4.09. The maximum absolute atomic E-state index is 13.9. The topological polar surface area (TPSA) is 103 Å². The number of carbonyl (C=O) groups excluding carboxylic acids is 2. The van der Waals surface area contributed by atoms with Crippen LogP contribution in [-0.2, 0) is 9.53 Å². The Bertz CT molecular complexity index is 1750. The first kappa shape index (κ1) is 26.9. The molecule has 0 unspecified atom stereocenters. The number of hydrogen-bond donors (Lipinski definition) is 1. The number of thiophene rings is 2. The van der Waals surface area contributed by atoms with Gasteiger partial charge in [-0.05, 0) is 57.5 Å². The number of rotatable bonds is 8. The van der Waals surface area contributed by atoms with Crippen LogP contribution in [0.4, 0.5) is 5.00 Å². The van der Waals surface area contributed by atoms with Crippen molar-refractivity contribution in [3.05, 3.63) is 80.0 Å². The Morgan fingerprint density at radius 3 is 2.59 bits per heavy atom. The Balaban J connectivity index is 1.48. The molecule has 0 fully saturated rings. The summed E-state index contributed by atoms with van der Waals surface area (Å²) < 4.78 is 12.5. The average Bonchev–Trinajstić information content (AvgIpc) is 3.60. The standard InChI is InChI=1S/C28H25N3O5S3/c1-5-35-27(34)22-16(3)17(4)39-25(22)29-21(32)14-38-28-30-24-23(19(13-37-24)20-12-11-15(2)36-20)26(33)31(28)18-9-7-6-8-10-18/h6-13H,5,14H2,1-4H3,(H,29,32). The first-order valence-electron chi connectivity index (χ1n) is 12.1. The zero-order chi connectivity index (χ0) is 27.7. The van der Waals surface area contributed by atoms with Crippen LogP contribution < -0.4 is 10.9 Å². The second kappa shape index (κ2) is 11.2. The van der Waals surface area contributed by atoms with Crippen LogP contribution in [0.15, 0.2) is 62.2 Å². The Hall–Kier alpha value is -3.67. The molecule has 1 amide bonds. The summed E-state index contributed by atoms with van der Waals surface area (Å²) in [6.45, 7) is 7.56. The number of esters is 1. The van der Waals surface area contributed by atoms with Crippen LogP contribution in [0.25, 0.3) is 27.2 Å². The van der Waals surface area contributed by atoms with Gasteiger partial charge >= 0.3 is 5.97 Å². The van der Waals surface area contributed by atoms with Crippen molar-refractivity contribution in [2.75, 3.05) is 17.7 Å². The van der Waals surface area contributed by atoms with Gasteiger partial charge in [0.15, 0.2) is 5.16 Å². The molecule has 0 aliphatic heterocycles. The predicted octanol–water partition coefficient (Wildman–Crippen LogP) is 6.60. The van der Waals surface area contributed by atoms with E-state index < -0.39 is 5.97 Å². The van der Waals surface area contributed by atoms with Crippen LogP contribution in [0.2, 0.25) is 0 Å². The molecule has 5 aromatic rings. The average molecular weight is 580 g/mol. The number of aromatic nitrogens is 2. The van der Waals surface area contributed by atoms with E-state index in [-0.39, 0.29) is 23.8 Å². The number of hydrogen-bond acceptors (Lipinski definition) is 9. The molecule has 0 aliphatic carbocycles. The highest BCUT2D eigenvalue weighted by molar-refractivity contribution is 7.99. The predicted molar refractivity (Wildman–Crippen MR) is 157 cm³/mol. The van der Waals surface area contributed by atoms with Gasteiger partial charge in [0.2, 0.25) is 5.91 Å². The van der Waals surface area contributed by atoms with Crippen molar-refractivity contribution in [3.63, 3.8) is 0 Å². The van der Waals surface area contributed by atoms with Crippen LogP contribution >= 0.6 is 34.4 Å². The minimum Gasteiger partial charge on any atom is -0.462 e. The quantitative estimate of drug-likeness (QED) is 0.125. The highest BCUT2D eigenvalue weighted by Gasteiger charge is 2.24. The number of aryl methyl sites for hydroxylation is 2. The molecule has 4 heterocycles. The largest absolute Gasteiger partial charge is 0.462 e. The van der Waals surface area contributed by atoms with Gasteiger partial charge in [-0.1, -0.05) is 30.0 Å². The zero-order valence-electron chi connectivity index (χ0n) is 21.7. The Kier molecular flexibility index (Phi) is 7.74. The van der Waals surface area contributed by atoms with Gasteiger partial charge in [-0.3, -0.25) is 14.2 Å². The molecule has 1 aromatic carbocycles. The molecule has 1 N–H and O–H groups in total. The zero-order valence-corrected chi connectivity index (χ0v) is 24.1. The van der Waals surface area contributed by atoms with Crippen LogP contribution in [-0.4, -0.2) is 33.8 Å². The van der Waals surface area contributed by atoms with E-state index in [1.54, 1.807) is 6.92 Å². The number of furan rings is 1. The Labute approximate surface area is 236 Å². The number of nitrogens with zero attached hydrogens (tertiary/aromatic N) is 2. The number of nitrogens with one attached hydrogen (secondary N) is 1. The lowest BCUT2D eigenvalue weighted by Crippen LogP contribution is -2.22. The van der Waals surface area contributed by atoms with Gasteiger partial charge in [0.25, 0.3) is 5.56 Å². The van der Waals surface area contributed by atoms with Crippen LogP contribution in [0, 0.1) is 20.8 Å². The summed E-state index contributed by atoms with van der Waals surface area (Å²) in [6.07, 6.45) is 0. The number of thioether (sulfide) groups is 1. The third kappa shape index (κ3) is 5.29. The van der Waals surface area contributed by atoms with Gasteiger partial charge in [-0.2, -0.15) is 0 Å². The molecule has 0 bridgehead atoms. The number of ether oxygens (including phenoxy) is 1. The molecule has 0 saturated carbocycles. The molecular weight excluding hydrogens is 555 g/mol. The minimum atomic E-state index is -0.465. The van der Waals surface area contributed by atoms with Crippen molar-refractivity contribution in [2.24, 2.45) is 0 Å². The monoisotopic (exact) mass is 579 g/mol. The maximum atomic E-state index is 13.9. The number of carbonyl (C=O) groups is 2. The van der Waals surface area contributed by atoms with Gasteiger partial charge in [0, 0.05) is 15.8 Å². The van der Waals surface area contributed by atoms with Gasteiger partial charge in [0.05, 0.1) is 29.0 Å². The van der Waals surface area contributed by atoms with E-state index in [2.05, 4.69) is 5.32 Å². The van der Waals surface area contributed by atoms with Crippen LogP contribution in [0.5, 0.6) is 0 Å². The van der Waals surface area contributed by atoms with E-state index in [1.165, 1.54) is 27.2 Å². The van der Waals surface area contributed by atoms with Crippen molar-refractivity contribution in [1.82, 2.24) is 9.55 Å². The van der Waals surface area contributed by atoms with Crippen LogP contribution in [0.3, 0.4) is 0 Å². The maximum Gasteiger partial charge on any atom is 0.341 e. The van der Waals surface area contributed by atoms with Crippen molar-refractivity contribution >= 4 is 61.5 Å². The van der Waals surface area contributed by atoms with Crippen LogP contribution in [0.1, 0.15) is 33.5 Å². The number of amides is 1. The molecule has 5 rings (SSSR count). The fraction of sp³-hybridized carbons (Fsp3) is 0.214. The normalized spacial score (nSPS) is 11.2. The summed E-state index contributed by atoms with van der Waals surface area (Å²) in [6, 6.07) is 12.9. The van der Waals surface area contributed by atoms with Crippen molar-refractivity contribution < 1.29 is 18.7 Å². The van der Waals surface area contributed by atoms with E-state index >= 15 is 0 Å². The number of benzene rings is 1. The highest BCUT2D eigenvalue weighted by Crippen LogP contribution is 2.35. The molecule has 0 atom stereocenters. The molecule has 8 nitrogen and oxygen atoms in total. The first-order chi connectivity index (χ1) is 18.8. The van der Waals surface area contributed by atoms with E-state index in [4.69, 9.17) is 14.1 Å². The molecule has 200 valence electrons. The van der Waals surface area contributed by atoms with Gasteiger partial charge in [-0.15, -0.1) is 22.7 Å². The summed E-state index contributed by atoms with van der Waals surface area (Å²) >= 11 is 3.84. The van der Waals surface area contributed by atoms with Gasteiger partial charge < -0.3 is 14.5 Å². The highest BCUT2D eigenvalue weighted by atomic mass is 32.2. The van der Waals surface area contributed by atoms with Gasteiger partial charge in [0.1, 0.15) is 21.4 Å². The summed E-state index contributed by atoms with van der Waals surface area (Å²) in [4.78, 5) is 45.7. The lowest BCUT2D eigenvalue weighted by Gasteiger charge is -2.12. The van der Waals surface area contributed by atoms with Crippen molar-refractivity contribution in [1.29, 1.82) is 0 Å². The van der Waals surface area contributed by atoms with Crippen molar-refractivity contribution in [3.8, 4) is 17.0 Å². The van der Waals surface area contributed by atoms with E-state index in [0.29, 0.717) is 42.9 Å². The molecule has 4 aromatic heterocycles. The van der Waals surface area contributed by atoms with E-state index in [9.17, 15) is 14.4 Å². The fourth-order valence-corrected chi connectivity index (χ4v) is 6.94. The summed E-state index contributed by atoms with van der Waals surface area (Å²) in [5.74, 6) is 0.557. The molecule has 0 spiro atoms. The third-order valence-corrected chi connectivity index (χ3v) is 8.98. The Morgan fingerprint density at radius 1 is 1.13 bits per heavy atom. The van der Waals surface area contributed by atoms with Crippen molar-refractivity contribution in [2.45, 2.75) is 32.9 Å². The minimum absolute atomic E-state index is 0.0152.